The third kappa shape index (κ3) is 4.50. The Balaban J connectivity index is 2.09. The summed E-state index contributed by atoms with van der Waals surface area (Å²) in [6.45, 7) is 0.0965. The first kappa shape index (κ1) is 15.9. The second-order valence-electron chi connectivity index (χ2n) is 5.04. The molecule has 0 radical (unpaired) electrons. The summed E-state index contributed by atoms with van der Waals surface area (Å²) >= 11 is 0. The molecule has 1 fully saturated rings. The largest absolute Gasteiger partial charge is 0.493 e. The van der Waals surface area contributed by atoms with Gasteiger partial charge in [-0.2, -0.15) is 0 Å². The Morgan fingerprint density at radius 1 is 1.38 bits per heavy atom. The van der Waals surface area contributed by atoms with E-state index < -0.39 is 9.84 Å². The Labute approximate surface area is 125 Å². The highest BCUT2D eigenvalue weighted by molar-refractivity contribution is 7.91. The highest BCUT2D eigenvalue weighted by Crippen LogP contribution is 2.31. The minimum atomic E-state index is -2.94. The van der Waals surface area contributed by atoms with Gasteiger partial charge in [-0.25, -0.2) is 8.42 Å². The molecule has 0 amide bonds. The van der Waals surface area contributed by atoms with Crippen molar-refractivity contribution in [2.24, 2.45) is 0 Å². The smallest absolute Gasteiger partial charge is 0.163 e. The summed E-state index contributed by atoms with van der Waals surface area (Å²) in [6.07, 6.45) is 1.52. The first-order valence-electron chi connectivity index (χ1n) is 6.93. The average molecular weight is 315 g/mol. The van der Waals surface area contributed by atoms with Crippen molar-refractivity contribution in [2.75, 3.05) is 37.1 Å². The maximum absolute atomic E-state index is 11.6. The number of methoxy groups -OCH3 is 1. The van der Waals surface area contributed by atoms with E-state index >= 15 is 0 Å². The summed E-state index contributed by atoms with van der Waals surface area (Å²) in [4.78, 5) is 0. The molecular formula is C14H21NO5S. The predicted molar refractivity (Wildman–Crippen MR) is 80.9 cm³/mol. The molecule has 0 spiro atoms. The van der Waals surface area contributed by atoms with Crippen molar-refractivity contribution in [1.82, 2.24) is 0 Å². The lowest BCUT2D eigenvalue weighted by Gasteiger charge is -2.24. The number of benzene rings is 1. The summed E-state index contributed by atoms with van der Waals surface area (Å²) in [6, 6.07) is 5.26. The minimum Gasteiger partial charge on any atom is -0.493 e. The topological polar surface area (TPSA) is 84.9 Å². The van der Waals surface area contributed by atoms with Gasteiger partial charge < -0.3 is 19.9 Å². The van der Waals surface area contributed by atoms with Crippen LogP contribution in [0.5, 0.6) is 11.5 Å². The molecule has 0 aromatic heterocycles. The van der Waals surface area contributed by atoms with Gasteiger partial charge in [-0.15, -0.1) is 0 Å². The number of rotatable bonds is 6. The maximum atomic E-state index is 11.6. The van der Waals surface area contributed by atoms with Crippen LogP contribution in [0.25, 0.3) is 0 Å². The molecule has 6 nitrogen and oxygen atoms in total. The minimum absolute atomic E-state index is 0.0807. The first-order chi connectivity index (χ1) is 10.0. The van der Waals surface area contributed by atoms with E-state index in [4.69, 9.17) is 14.6 Å². The van der Waals surface area contributed by atoms with Gasteiger partial charge in [0.2, 0.25) is 0 Å². The van der Waals surface area contributed by atoms with Crippen LogP contribution in [0.3, 0.4) is 0 Å². The fourth-order valence-electron chi connectivity index (χ4n) is 2.41. The molecule has 1 atom stereocenters. The summed E-state index contributed by atoms with van der Waals surface area (Å²) < 4.78 is 33.9. The lowest BCUT2D eigenvalue weighted by Crippen LogP contribution is -2.34. The third-order valence-corrected chi connectivity index (χ3v) is 5.17. The van der Waals surface area contributed by atoms with Crippen molar-refractivity contribution in [3.63, 3.8) is 0 Å². The van der Waals surface area contributed by atoms with Gasteiger partial charge >= 0.3 is 0 Å². The van der Waals surface area contributed by atoms with E-state index in [2.05, 4.69) is 5.32 Å². The van der Waals surface area contributed by atoms with Crippen LogP contribution in [0.2, 0.25) is 0 Å². The zero-order valence-corrected chi connectivity index (χ0v) is 12.9. The fraction of sp³-hybridized carbons (Fsp3) is 0.571. The quantitative estimate of drug-likeness (QED) is 0.816. The summed E-state index contributed by atoms with van der Waals surface area (Å²) in [5.74, 6) is 1.53. The van der Waals surface area contributed by atoms with Crippen LogP contribution in [0.15, 0.2) is 18.2 Å². The monoisotopic (exact) mass is 315 g/mol. The number of ether oxygens (including phenoxy) is 2. The molecule has 1 aliphatic rings. The Morgan fingerprint density at radius 3 is 2.86 bits per heavy atom. The number of aliphatic hydroxyl groups is 1. The molecule has 0 aliphatic carbocycles. The Kier molecular flexibility index (Phi) is 5.30. The van der Waals surface area contributed by atoms with Crippen molar-refractivity contribution < 1.29 is 23.0 Å². The second-order valence-corrected chi connectivity index (χ2v) is 7.26. The summed E-state index contributed by atoms with van der Waals surface area (Å²) in [7, 11) is -1.40. The van der Waals surface area contributed by atoms with E-state index in [1.807, 2.05) is 6.07 Å². The van der Waals surface area contributed by atoms with Crippen LogP contribution >= 0.6 is 0 Å². The van der Waals surface area contributed by atoms with E-state index in [-0.39, 0.29) is 30.8 Å². The van der Waals surface area contributed by atoms with Gasteiger partial charge in [-0.05, 0) is 25.0 Å². The molecule has 2 N–H and O–H groups in total. The Hall–Kier alpha value is -1.47. The number of nitrogens with one attached hydrogen (secondary N) is 1. The predicted octanol–water partition coefficient (Wildman–Crippen LogP) is 1.06. The van der Waals surface area contributed by atoms with Crippen molar-refractivity contribution >= 4 is 15.5 Å². The first-order valence-corrected chi connectivity index (χ1v) is 8.75. The molecular weight excluding hydrogens is 294 g/mol. The highest BCUT2D eigenvalue weighted by Gasteiger charge is 2.24. The molecule has 7 heteroatoms. The average Bonchev–Trinajstić information content (AvgIpc) is 2.44. The standard InChI is InChI=1S/C14H21NO5S/c1-19-13-5-4-11(9-14(13)20-7-6-16)15-12-3-2-8-21(17,18)10-12/h4-5,9,12,15-16H,2-3,6-8,10H2,1H3. The van der Waals surface area contributed by atoms with Crippen molar-refractivity contribution in [1.29, 1.82) is 0 Å². The van der Waals surface area contributed by atoms with Gasteiger partial charge in [0.15, 0.2) is 21.3 Å². The zero-order chi connectivity index (χ0) is 15.3. The van der Waals surface area contributed by atoms with Gasteiger partial charge in [0.25, 0.3) is 0 Å². The lowest BCUT2D eigenvalue weighted by atomic mass is 10.1. The number of anilines is 1. The van der Waals surface area contributed by atoms with Crippen molar-refractivity contribution in [2.45, 2.75) is 18.9 Å². The molecule has 1 saturated heterocycles. The molecule has 118 valence electrons. The molecule has 0 bridgehead atoms. The van der Waals surface area contributed by atoms with E-state index in [1.54, 1.807) is 19.2 Å². The number of hydrogen-bond donors (Lipinski definition) is 2. The Morgan fingerprint density at radius 2 is 2.19 bits per heavy atom. The van der Waals surface area contributed by atoms with Gasteiger partial charge in [-0.3, -0.25) is 0 Å². The number of sulfone groups is 1. The van der Waals surface area contributed by atoms with Crippen molar-refractivity contribution in [3.05, 3.63) is 18.2 Å². The van der Waals surface area contributed by atoms with Crippen LogP contribution < -0.4 is 14.8 Å². The van der Waals surface area contributed by atoms with E-state index in [9.17, 15) is 8.42 Å². The van der Waals surface area contributed by atoms with Crippen LogP contribution in [0, 0.1) is 0 Å². The third-order valence-electron chi connectivity index (χ3n) is 3.35. The Bertz CT molecular complexity index is 573. The fourth-order valence-corrected chi connectivity index (χ4v) is 4.04. The second kappa shape index (κ2) is 7.00. The number of aliphatic hydroxyl groups excluding tert-OH is 1. The SMILES string of the molecule is COc1ccc(NC2CCCS(=O)(=O)C2)cc1OCCO. The van der Waals surface area contributed by atoms with Crippen molar-refractivity contribution in [3.8, 4) is 11.5 Å². The van der Waals surface area contributed by atoms with Crippen LogP contribution in [0.1, 0.15) is 12.8 Å². The lowest BCUT2D eigenvalue weighted by molar-refractivity contribution is 0.196. The van der Waals surface area contributed by atoms with Gasteiger partial charge in [-0.1, -0.05) is 0 Å². The molecule has 21 heavy (non-hydrogen) atoms. The number of hydrogen-bond acceptors (Lipinski definition) is 6. The van der Waals surface area contributed by atoms with Gasteiger partial charge in [0.05, 0.1) is 25.2 Å². The van der Waals surface area contributed by atoms with E-state index in [0.29, 0.717) is 17.9 Å². The van der Waals surface area contributed by atoms with E-state index in [1.165, 1.54) is 0 Å². The molecule has 0 saturated carbocycles. The summed E-state index contributed by atoms with van der Waals surface area (Å²) in [5.41, 5.74) is 0.783. The molecule has 1 unspecified atom stereocenters. The molecule has 1 aromatic carbocycles. The normalized spacial score (nSPS) is 20.8. The van der Waals surface area contributed by atoms with Crippen LogP contribution in [-0.2, 0) is 9.84 Å². The van der Waals surface area contributed by atoms with Gasteiger partial charge in [0, 0.05) is 17.8 Å². The van der Waals surface area contributed by atoms with E-state index in [0.717, 1.165) is 12.1 Å². The molecule has 1 heterocycles. The van der Waals surface area contributed by atoms with Crippen LogP contribution in [-0.4, -0.2) is 51.4 Å². The molecule has 2 rings (SSSR count). The maximum Gasteiger partial charge on any atom is 0.163 e. The molecule has 1 aliphatic heterocycles. The van der Waals surface area contributed by atoms with Gasteiger partial charge in [0.1, 0.15) is 6.61 Å². The zero-order valence-electron chi connectivity index (χ0n) is 12.0. The summed E-state index contributed by atoms with van der Waals surface area (Å²) in [5, 5.41) is 12.1. The van der Waals surface area contributed by atoms with Crippen LogP contribution in [0.4, 0.5) is 5.69 Å². The molecule has 1 aromatic rings. The highest BCUT2D eigenvalue weighted by atomic mass is 32.2.